The van der Waals surface area contributed by atoms with Crippen LogP contribution in [0.5, 0.6) is 0 Å². The molecule has 2 aromatic rings. The molecule has 130 valence electrons. The Morgan fingerprint density at radius 3 is 2.79 bits per heavy atom. The maximum absolute atomic E-state index is 12.9. The van der Waals surface area contributed by atoms with Gasteiger partial charge in [0.1, 0.15) is 0 Å². The topological polar surface area (TPSA) is 50.5 Å². The van der Waals surface area contributed by atoms with Gasteiger partial charge < -0.3 is 4.90 Å². The molecule has 3 rings (SSSR count). The molecule has 0 aromatic carbocycles. The highest BCUT2D eigenvalue weighted by atomic mass is 35.5. The lowest BCUT2D eigenvalue weighted by molar-refractivity contribution is -0.138. The fraction of sp³-hybridized carbons (Fsp3) is 0.500. The van der Waals surface area contributed by atoms with E-state index in [4.69, 9.17) is 11.6 Å². The quantitative estimate of drug-likeness (QED) is 0.749. The SMILES string of the molecule is CN(CC1CC1)C(=O)CSc1nnc2c(Cl)cc(C(F)(F)F)cn12. The zero-order valence-electron chi connectivity index (χ0n) is 12.7. The lowest BCUT2D eigenvalue weighted by Crippen LogP contribution is -2.30. The van der Waals surface area contributed by atoms with Gasteiger partial charge in [0, 0.05) is 19.8 Å². The van der Waals surface area contributed by atoms with Crippen molar-refractivity contribution < 1.29 is 18.0 Å². The lowest BCUT2D eigenvalue weighted by Gasteiger charge is -2.16. The molecule has 10 heteroatoms. The van der Waals surface area contributed by atoms with Crippen LogP contribution in [-0.2, 0) is 11.0 Å². The molecule has 1 amide bonds. The zero-order valence-corrected chi connectivity index (χ0v) is 14.3. The van der Waals surface area contributed by atoms with E-state index >= 15 is 0 Å². The van der Waals surface area contributed by atoms with Gasteiger partial charge in [0.05, 0.1) is 16.3 Å². The molecule has 0 bridgehead atoms. The third-order valence-corrected chi connectivity index (χ3v) is 4.94. The van der Waals surface area contributed by atoms with Gasteiger partial charge in [0.25, 0.3) is 0 Å². The minimum Gasteiger partial charge on any atom is -0.345 e. The molecule has 0 spiro atoms. The van der Waals surface area contributed by atoms with Crippen LogP contribution in [-0.4, -0.2) is 44.8 Å². The number of fused-ring (bicyclic) bond motifs is 1. The number of thioether (sulfide) groups is 1. The van der Waals surface area contributed by atoms with E-state index < -0.39 is 11.7 Å². The largest absolute Gasteiger partial charge is 0.417 e. The molecule has 0 radical (unpaired) electrons. The highest BCUT2D eigenvalue weighted by Gasteiger charge is 2.32. The molecule has 1 aliphatic carbocycles. The monoisotopic (exact) mass is 378 g/mol. The van der Waals surface area contributed by atoms with Crippen LogP contribution in [0.4, 0.5) is 13.2 Å². The van der Waals surface area contributed by atoms with Gasteiger partial charge in [0.15, 0.2) is 10.8 Å². The van der Waals surface area contributed by atoms with Crippen molar-refractivity contribution >= 4 is 34.9 Å². The Bertz CT molecular complexity index is 775. The summed E-state index contributed by atoms with van der Waals surface area (Å²) in [5.41, 5.74) is -0.759. The number of carbonyl (C=O) groups excluding carboxylic acids is 1. The van der Waals surface area contributed by atoms with E-state index in [2.05, 4.69) is 10.2 Å². The number of alkyl halides is 3. The maximum atomic E-state index is 12.9. The first-order valence-electron chi connectivity index (χ1n) is 7.24. The fourth-order valence-corrected chi connectivity index (χ4v) is 3.31. The lowest BCUT2D eigenvalue weighted by atomic mass is 10.3. The molecule has 1 aliphatic rings. The Kier molecular flexibility index (Phi) is 4.65. The average molecular weight is 379 g/mol. The summed E-state index contributed by atoms with van der Waals surface area (Å²) in [6.07, 6.45) is -1.36. The van der Waals surface area contributed by atoms with E-state index in [1.807, 2.05) is 0 Å². The second kappa shape index (κ2) is 6.44. The molecule has 1 saturated carbocycles. The molecule has 1 fully saturated rings. The Balaban J connectivity index is 1.76. The minimum atomic E-state index is -4.52. The molecule has 24 heavy (non-hydrogen) atoms. The van der Waals surface area contributed by atoms with E-state index in [1.54, 1.807) is 11.9 Å². The van der Waals surface area contributed by atoms with Crippen molar-refractivity contribution in [3.05, 3.63) is 22.8 Å². The standard InChI is InChI=1S/C14H14ClF3N4OS/c1-21(5-8-2-3-8)11(23)7-24-13-20-19-12-10(15)4-9(6-22(12)13)14(16,17)18/h4,6,8H,2-3,5,7H2,1H3. The predicted molar refractivity (Wildman–Crippen MR) is 84.1 cm³/mol. The van der Waals surface area contributed by atoms with Crippen LogP contribution in [0.15, 0.2) is 17.4 Å². The summed E-state index contributed by atoms with van der Waals surface area (Å²) in [5.74, 6) is 0.561. The van der Waals surface area contributed by atoms with Gasteiger partial charge in [-0.1, -0.05) is 23.4 Å². The third kappa shape index (κ3) is 3.77. The normalized spacial score (nSPS) is 15.0. The van der Waals surface area contributed by atoms with Crippen LogP contribution in [0.25, 0.3) is 5.65 Å². The molecule has 0 atom stereocenters. The van der Waals surface area contributed by atoms with Crippen LogP contribution < -0.4 is 0 Å². The van der Waals surface area contributed by atoms with Crippen molar-refractivity contribution in [2.75, 3.05) is 19.3 Å². The Labute approximate surface area is 145 Å². The molecule has 0 saturated heterocycles. The number of nitrogens with zero attached hydrogens (tertiary/aromatic N) is 4. The van der Waals surface area contributed by atoms with Gasteiger partial charge in [-0.2, -0.15) is 13.2 Å². The first-order valence-corrected chi connectivity index (χ1v) is 8.60. The van der Waals surface area contributed by atoms with Crippen molar-refractivity contribution in [3.8, 4) is 0 Å². The van der Waals surface area contributed by atoms with Gasteiger partial charge in [0.2, 0.25) is 5.91 Å². The molecule has 5 nitrogen and oxygen atoms in total. The van der Waals surface area contributed by atoms with E-state index in [1.165, 1.54) is 4.40 Å². The molecule has 0 aliphatic heterocycles. The van der Waals surface area contributed by atoms with Crippen LogP contribution in [0, 0.1) is 5.92 Å². The number of hydrogen-bond acceptors (Lipinski definition) is 4. The Morgan fingerprint density at radius 1 is 1.46 bits per heavy atom. The van der Waals surface area contributed by atoms with Gasteiger partial charge in [-0.25, -0.2) is 0 Å². The van der Waals surface area contributed by atoms with Crippen molar-refractivity contribution in [1.82, 2.24) is 19.5 Å². The first kappa shape index (κ1) is 17.3. The molecule has 0 N–H and O–H groups in total. The molecule has 2 heterocycles. The highest BCUT2D eigenvalue weighted by molar-refractivity contribution is 7.99. The number of hydrogen-bond donors (Lipinski definition) is 0. The summed E-state index contributed by atoms with van der Waals surface area (Å²) in [7, 11) is 1.72. The van der Waals surface area contributed by atoms with Gasteiger partial charge in [-0.15, -0.1) is 10.2 Å². The van der Waals surface area contributed by atoms with E-state index in [-0.39, 0.29) is 27.5 Å². The zero-order chi connectivity index (χ0) is 17.5. The number of rotatable bonds is 5. The second-order valence-corrected chi connectivity index (χ2v) is 7.11. The van der Waals surface area contributed by atoms with Crippen molar-refractivity contribution in [1.29, 1.82) is 0 Å². The van der Waals surface area contributed by atoms with Gasteiger partial charge in [-0.3, -0.25) is 9.20 Å². The van der Waals surface area contributed by atoms with Crippen molar-refractivity contribution in [2.45, 2.75) is 24.2 Å². The Morgan fingerprint density at radius 2 is 2.17 bits per heavy atom. The first-order chi connectivity index (χ1) is 11.3. The Hall–Kier alpha value is -1.48. The van der Waals surface area contributed by atoms with Crippen LogP contribution in [0.1, 0.15) is 18.4 Å². The third-order valence-electron chi connectivity index (χ3n) is 3.74. The summed E-state index contributed by atoms with van der Waals surface area (Å²) in [6.45, 7) is 0.712. The highest BCUT2D eigenvalue weighted by Crippen LogP contribution is 2.33. The predicted octanol–water partition coefficient (Wildman–Crippen LogP) is 3.36. The number of carbonyl (C=O) groups is 1. The molecular formula is C14H14ClF3N4OS. The smallest absolute Gasteiger partial charge is 0.345 e. The van der Waals surface area contributed by atoms with E-state index in [9.17, 15) is 18.0 Å². The van der Waals surface area contributed by atoms with Crippen molar-refractivity contribution in [3.63, 3.8) is 0 Å². The van der Waals surface area contributed by atoms with Crippen LogP contribution in [0.3, 0.4) is 0 Å². The summed E-state index contributed by atoms with van der Waals surface area (Å²) in [4.78, 5) is 13.7. The van der Waals surface area contributed by atoms with Crippen LogP contribution in [0.2, 0.25) is 5.02 Å². The minimum absolute atomic E-state index is 0.0812. The molecule has 0 unspecified atom stereocenters. The number of amides is 1. The molecular weight excluding hydrogens is 365 g/mol. The fourth-order valence-electron chi connectivity index (χ4n) is 2.21. The second-order valence-electron chi connectivity index (χ2n) is 5.76. The van der Waals surface area contributed by atoms with E-state index in [0.717, 1.165) is 36.9 Å². The van der Waals surface area contributed by atoms with Gasteiger partial charge in [-0.05, 0) is 24.8 Å². The summed E-state index contributed by atoms with van der Waals surface area (Å²) in [6, 6.07) is 0.814. The summed E-state index contributed by atoms with van der Waals surface area (Å²) >= 11 is 6.89. The van der Waals surface area contributed by atoms with E-state index in [0.29, 0.717) is 12.5 Å². The maximum Gasteiger partial charge on any atom is 0.417 e. The van der Waals surface area contributed by atoms with Crippen molar-refractivity contribution in [2.24, 2.45) is 5.92 Å². The molecule has 2 aromatic heterocycles. The number of aromatic nitrogens is 3. The summed E-state index contributed by atoms with van der Waals surface area (Å²) in [5, 5.41) is 7.69. The number of halogens is 4. The average Bonchev–Trinajstić information content (AvgIpc) is 3.21. The van der Waals surface area contributed by atoms with Gasteiger partial charge >= 0.3 is 6.18 Å². The summed E-state index contributed by atoms with van der Waals surface area (Å²) < 4.78 is 39.9. The van der Waals surface area contributed by atoms with Crippen LogP contribution >= 0.6 is 23.4 Å². The number of pyridine rings is 1.